The molecule has 3 heteroatoms. The molecule has 2 rings (SSSR count). The van der Waals surface area contributed by atoms with Crippen LogP contribution in [0, 0.1) is 6.92 Å². The molecule has 0 N–H and O–H groups in total. The Kier molecular flexibility index (Phi) is 4.15. The van der Waals surface area contributed by atoms with Gasteiger partial charge in [-0.3, -0.25) is 4.90 Å². The van der Waals surface area contributed by atoms with E-state index in [1.54, 1.807) is 0 Å². The number of hydrogen-bond donors (Lipinski definition) is 0. The molecule has 0 unspecified atom stereocenters. The van der Waals surface area contributed by atoms with Gasteiger partial charge in [-0.1, -0.05) is 31.2 Å². The van der Waals surface area contributed by atoms with Crippen molar-refractivity contribution >= 4 is 0 Å². The van der Waals surface area contributed by atoms with Crippen molar-refractivity contribution in [2.75, 3.05) is 7.05 Å². The Balaban J connectivity index is 1.94. The highest BCUT2D eigenvalue weighted by Crippen LogP contribution is 2.11. The molecule has 0 radical (unpaired) electrons. The van der Waals surface area contributed by atoms with Crippen molar-refractivity contribution in [2.45, 2.75) is 33.4 Å². The molecule has 0 aliphatic heterocycles. The van der Waals surface area contributed by atoms with Crippen molar-refractivity contribution in [1.82, 2.24) is 9.88 Å². The monoisotopic (exact) mass is 244 g/mol. The summed E-state index contributed by atoms with van der Waals surface area (Å²) in [6, 6.07) is 8.80. The number of aromatic nitrogens is 1. The molecule has 0 aliphatic rings. The molecule has 96 valence electrons. The Morgan fingerprint density at radius 2 is 1.78 bits per heavy atom. The van der Waals surface area contributed by atoms with E-state index >= 15 is 0 Å². The molecule has 0 amide bonds. The van der Waals surface area contributed by atoms with Crippen LogP contribution < -0.4 is 0 Å². The molecular formula is C15H20N2O. The van der Waals surface area contributed by atoms with Gasteiger partial charge in [0.05, 0.1) is 5.69 Å². The molecule has 18 heavy (non-hydrogen) atoms. The molecule has 0 saturated heterocycles. The summed E-state index contributed by atoms with van der Waals surface area (Å²) in [5.41, 5.74) is 3.73. The summed E-state index contributed by atoms with van der Waals surface area (Å²) < 4.78 is 5.21. The molecular weight excluding hydrogens is 224 g/mol. The van der Waals surface area contributed by atoms with E-state index in [9.17, 15) is 0 Å². The average molecular weight is 244 g/mol. The molecule has 1 heterocycles. The summed E-state index contributed by atoms with van der Waals surface area (Å²) in [6.07, 6.45) is 2.60. The van der Waals surface area contributed by atoms with Gasteiger partial charge < -0.3 is 4.42 Å². The highest BCUT2D eigenvalue weighted by molar-refractivity contribution is 5.22. The molecule has 0 saturated carbocycles. The lowest BCUT2D eigenvalue weighted by atomic mass is 10.1. The van der Waals surface area contributed by atoms with E-state index in [2.05, 4.69) is 48.1 Å². The van der Waals surface area contributed by atoms with Gasteiger partial charge in [0.2, 0.25) is 0 Å². The SMILES string of the molecule is CCc1ccc(CN(C)Cc2ncoc2C)cc1. The molecule has 0 fully saturated rings. The maximum atomic E-state index is 5.21. The first-order chi connectivity index (χ1) is 8.69. The molecule has 0 atom stereocenters. The minimum atomic E-state index is 0.817. The number of hydrogen-bond acceptors (Lipinski definition) is 3. The summed E-state index contributed by atoms with van der Waals surface area (Å²) >= 11 is 0. The zero-order valence-corrected chi connectivity index (χ0v) is 11.3. The number of oxazole rings is 1. The standard InChI is InChI=1S/C15H20N2O/c1-4-13-5-7-14(8-6-13)9-17(3)10-15-12(2)18-11-16-15/h5-8,11H,4,9-10H2,1-3H3. The summed E-state index contributed by atoms with van der Waals surface area (Å²) in [7, 11) is 2.10. The van der Waals surface area contributed by atoms with Gasteiger partial charge in [-0.2, -0.15) is 0 Å². The van der Waals surface area contributed by atoms with E-state index in [-0.39, 0.29) is 0 Å². The minimum Gasteiger partial charge on any atom is -0.448 e. The molecule has 0 aliphatic carbocycles. The second kappa shape index (κ2) is 5.83. The Morgan fingerprint density at radius 1 is 1.11 bits per heavy atom. The zero-order valence-electron chi connectivity index (χ0n) is 11.3. The van der Waals surface area contributed by atoms with Crippen molar-refractivity contribution in [3.63, 3.8) is 0 Å². The number of benzene rings is 1. The second-order valence-electron chi connectivity index (χ2n) is 4.70. The molecule has 3 nitrogen and oxygen atoms in total. The predicted molar refractivity (Wildman–Crippen MR) is 72.2 cm³/mol. The van der Waals surface area contributed by atoms with Gasteiger partial charge in [0.1, 0.15) is 5.76 Å². The normalized spacial score (nSPS) is 11.1. The van der Waals surface area contributed by atoms with Crippen LogP contribution in [0.3, 0.4) is 0 Å². The molecule has 0 bridgehead atoms. The predicted octanol–water partition coefficient (Wildman–Crippen LogP) is 3.18. The van der Waals surface area contributed by atoms with Crippen molar-refractivity contribution in [3.8, 4) is 0 Å². The van der Waals surface area contributed by atoms with E-state index in [0.717, 1.165) is 31.0 Å². The first-order valence-electron chi connectivity index (χ1n) is 6.34. The zero-order chi connectivity index (χ0) is 13.0. The smallest absolute Gasteiger partial charge is 0.181 e. The Morgan fingerprint density at radius 3 is 2.33 bits per heavy atom. The summed E-state index contributed by atoms with van der Waals surface area (Å²) in [5, 5.41) is 0. The minimum absolute atomic E-state index is 0.817. The van der Waals surface area contributed by atoms with E-state index in [1.807, 2.05) is 6.92 Å². The average Bonchev–Trinajstić information content (AvgIpc) is 2.76. The van der Waals surface area contributed by atoms with Crippen molar-refractivity contribution < 1.29 is 4.42 Å². The van der Waals surface area contributed by atoms with E-state index in [1.165, 1.54) is 17.5 Å². The first-order valence-corrected chi connectivity index (χ1v) is 6.34. The number of aryl methyl sites for hydroxylation is 2. The number of rotatable bonds is 5. The van der Waals surface area contributed by atoms with Crippen molar-refractivity contribution in [3.05, 3.63) is 53.2 Å². The molecule has 0 spiro atoms. The highest BCUT2D eigenvalue weighted by Gasteiger charge is 2.07. The quantitative estimate of drug-likeness (QED) is 0.809. The van der Waals surface area contributed by atoms with Crippen LogP contribution >= 0.6 is 0 Å². The third-order valence-corrected chi connectivity index (χ3v) is 3.15. The lowest BCUT2D eigenvalue weighted by Gasteiger charge is -2.15. The first kappa shape index (κ1) is 12.8. The summed E-state index contributed by atoms with van der Waals surface area (Å²) in [5.74, 6) is 0.906. The van der Waals surface area contributed by atoms with Crippen LogP contribution in [-0.4, -0.2) is 16.9 Å². The van der Waals surface area contributed by atoms with E-state index in [4.69, 9.17) is 4.42 Å². The van der Waals surface area contributed by atoms with Crippen LogP contribution in [0.15, 0.2) is 35.1 Å². The van der Waals surface area contributed by atoms with Gasteiger partial charge in [-0.25, -0.2) is 4.98 Å². The Hall–Kier alpha value is -1.61. The number of nitrogens with zero attached hydrogens (tertiary/aromatic N) is 2. The highest BCUT2D eigenvalue weighted by atomic mass is 16.3. The van der Waals surface area contributed by atoms with Crippen LogP contribution in [-0.2, 0) is 19.5 Å². The molecule has 2 aromatic rings. The lowest BCUT2D eigenvalue weighted by Crippen LogP contribution is -2.17. The third kappa shape index (κ3) is 3.20. The van der Waals surface area contributed by atoms with Gasteiger partial charge in [0, 0.05) is 13.1 Å². The fraction of sp³-hybridized carbons (Fsp3) is 0.400. The summed E-state index contributed by atoms with van der Waals surface area (Å²) in [4.78, 5) is 6.46. The molecule has 1 aromatic carbocycles. The van der Waals surface area contributed by atoms with Gasteiger partial charge in [-0.05, 0) is 31.5 Å². The maximum Gasteiger partial charge on any atom is 0.181 e. The topological polar surface area (TPSA) is 29.3 Å². The van der Waals surface area contributed by atoms with Crippen molar-refractivity contribution in [2.24, 2.45) is 0 Å². The van der Waals surface area contributed by atoms with Gasteiger partial charge in [-0.15, -0.1) is 0 Å². The van der Waals surface area contributed by atoms with E-state index in [0.29, 0.717) is 0 Å². The van der Waals surface area contributed by atoms with Crippen LogP contribution in [0.2, 0.25) is 0 Å². The lowest BCUT2D eigenvalue weighted by molar-refractivity contribution is 0.313. The van der Waals surface area contributed by atoms with Gasteiger partial charge in [0.25, 0.3) is 0 Å². The third-order valence-electron chi connectivity index (χ3n) is 3.15. The fourth-order valence-corrected chi connectivity index (χ4v) is 1.98. The largest absolute Gasteiger partial charge is 0.448 e. The molecule has 1 aromatic heterocycles. The van der Waals surface area contributed by atoms with Crippen LogP contribution in [0.25, 0.3) is 0 Å². The van der Waals surface area contributed by atoms with Crippen LogP contribution in [0.1, 0.15) is 29.5 Å². The Bertz CT molecular complexity index is 487. The fourth-order valence-electron chi connectivity index (χ4n) is 1.98. The van der Waals surface area contributed by atoms with Crippen LogP contribution in [0.5, 0.6) is 0 Å². The Labute approximate surface area is 108 Å². The van der Waals surface area contributed by atoms with Gasteiger partial charge in [0.15, 0.2) is 6.39 Å². The summed E-state index contributed by atoms with van der Waals surface area (Å²) in [6.45, 7) is 5.87. The second-order valence-corrected chi connectivity index (χ2v) is 4.70. The van der Waals surface area contributed by atoms with Crippen molar-refractivity contribution in [1.29, 1.82) is 0 Å². The van der Waals surface area contributed by atoms with E-state index < -0.39 is 0 Å². The maximum absolute atomic E-state index is 5.21. The van der Waals surface area contributed by atoms with Gasteiger partial charge >= 0.3 is 0 Å². The van der Waals surface area contributed by atoms with Crippen LogP contribution in [0.4, 0.5) is 0 Å².